The molecule has 0 saturated carbocycles. The standard InChI is InChI=1S/C27H27N3O6/c1-18-3-9-22(10-4-18)34-16-21-15-19(5-13-24(21)33-2)6-14-26(32)36-30-27(29)20-7-11-23(12-8-20)35-17-25(28)31/h3-15H,16-17H2,1-2H3,(H2,28,31)(H2,29,30)/b14-6-. The summed E-state index contributed by atoms with van der Waals surface area (Å²) in [5.41, 5.74) is 14.1. The number of carbonyl (C=O) groups excluding carboxylic acids is 2. The number of hydrogen-bond donors (Lipinski definition) is 2. The summed E-state index contributed by atoms with van der Waals surface area (Å²) in [4.78, 5) is 27.8. The molecule has 3 aromatic carbocycles. The quantitative estimate of drug-likeness (QED) is 0.139. The molecule has 3 rings (SSSR count). The van der Waals surface area contributed by atoms with Crippen LogP contribution in [0.3, 0.4) is 0 Å². The van der Waals surface area contributed by atoms with Gasteiger partial charge in [0.2, 0.25) is 0 Å². The molecule has 0 aliphatic heterocycles. The molecule has 1 amide bonds. The van der Waals surface area contributed by atoms with Gasteiger partial charge in [-0.05, 0) is 67.1 Å². The number of hydrogen-bond acceptors (Lipinski definition) is 7. The highest BCUT2D eigenvalue weighted by atomic mass is 16.7. The molecule has 36 heavy (non-hydrogen) atoms. The van der Waals surface area contributed by atoms with Gasteiger partial charge in [0.15, 0.2) is 12.4 Å². The number of amides is 1. The van der Waals surface area contributed by atoms with Gasteiger partial charge in [0, 0.05) is 17.2 Å². The van der Waals surface area contributed by atoms with E-state index >= 15 is 0 Å². The number of primary amides is 1. The van der Waals surface area contributed by atoms with Crippen LogP contribution < -0.4 is 25.7 Å². The summed E-state index contributed by atoms with van der Waals surface area (Å²) in [6.07, 6.45) is 2.83. The Morgan fingerprint density at radius 3 is 2.25 bits per heavy atom. The number of methoxy groups -OCH3 is 1. The fraction of sp³-hybridized carbons (Fsp3) is 0.148. The van der Waals surface area contributed by atoms with Gasteiger partial charge in [-0.15, -0.1) is 0 Å². The highest BCUT2D eigenvalue weighted by Gasteiger charge is 2.07. The number of aryl methyl sites for hydroxylation is 1. The van der Waals surface area contributed by atoms with Crippen LogP contribution in [0.25, 0.3) is 6.08 Å². The van der Waals surface area contributed by atoms with E-state index in [0.717, 1.165) is 22.4 Å². The second-order valence-corrected chi connectivity index (χ2v) is 7.67. The second-order valence-electron chi connectivity index (χ2n) is 7.67. The van der Waals surface area contributed by atoms with Crippen LogP contribution >= 0.6 is 0 Å². The molecule has 0 radical (unpaired) electrons. The maximum Gasteiger partial charge on any atom is 0.358 e. The van der Waals surface area contributed by atoms with E-state index in [9.17, 15) is 9.59 Å². The largest absolute Gasteiger partial charge is 0.496 e. The van der Waals surface area contributed by atoms with E-state index in [1.165, 1.54) is 6.08 Å². The normalized spacial score (nSPS) is 11.2. The van der Waals surface area contributed by atoms with E-state index in [2.05, 4.69) is 5.16 Å². The number of ether oxygens (including phenoxy) is 3. The molecule has 9 heteroatoms. The van der Waals surface area contributed by atoms with Crippen molar-refractivity contribution in [2.45, 2.75) is 13.5 Å². The number of carbonyl (C=O) groups is 2. The number of nitrogens with zero attached hydrogens (tertiary/aromatic N) is 1. The molecule has 0 unspecified atom stereocenters. The van der Waals surface area contributed by atoms with Crippen molar-refractivity contribution in [3.8, 4) is 17.2 Å². The number of oxime groups is 1. The van der Waals surface area contributed by atoms with Gasteiger partial charge >= 0.3 is 5.97 Å². The molecular formula is C27H27N3O6. The third-order valence-corrected chi connectivity index (χ3v) is 4.90. The fourth-order valence-electron chi connectivity index (χ4n) is 3.03. The third kappa shape index (κ3) is 7.91. The van der Waals surface area contributed by atoms with Gasteiger partial charge in [-0.25, -0.2) is 4.79 Å². The predicted octanol–water partition coefficient (Wildman–Crippen LogP) is 3.32. The first-order valence-electron chi connectivity index (χ1n) is 10.9. The molecule has 9 nitrogen and oxygen atoms in total. The van der Waals surface area contributed by atoms with Crippen molar-refractivity contribution in [3.05, 3.63) is 95.1 Å². The first-order chi connectivity index (χ1) is 17.3. The summed E-state index contributed by atoms with van der Waals surface area (Å²) in [7, 11) is 1.58. The van der Waals surface area contributed by atoms with Gasteiger partial charge in [0.1, 0.15) is 23.9 Å². The Morgan fingerprint density at radius 2 is 1.58 bits per heavy atom. The monoisotopic (exact) mass is 489 g/mol. The van der Waals surface area contributed by atoms with Crippen molar-refractivity contribution >= 4 is 23.8 Å². The van der Waals surface area contributed by atoms with Crippen LogP contribution in [-0.2, 0) is 21.0 Å². The summed E-state index contributed by atoms with van der Waals surface area (Å²) in [6, 6.07) is 19.6. The molecule has 0 aliphatic rings. The first-order valence-corrected chi connectivity index (χ1v) is 10.9. The van der Waals surface area contributed by atoms with Gasteiger partial charge < -0.3 is 30.5 Å². The zero-order chi connectivity index (χ0) is 25.9. The highest BCUT2D eigenvalue weighted by Crippen LogP contribution is 2.23. The van der Waals surface area contributed by atoms with Crippen molar-refractivity contribution < 1.29 is 28.6 Å². The maximum absolute atomic E-state index is 12.1. The Bertz CT molecular complexity index is 1250. The van der Waals surface area contributed by atoms with E-state index in [1.54, 1.807) is 49.6 Å². The Labute approximate surface area is 208 Å². The lowest BCUT2D eigenvalue weighted by atomic mass is 10.1. The molecule has 3 aromatic rings. The summed E-state index contributed by atoms with van der Waals surface area (Å²) in [5.74, 6) is 0.571. The lowest BCUT2D eigenvalue weighted by Gasteiger charge is -2.11. The first kappa shape index (κ1) is 25.8. The van der Waals surface area contributed by atoms with E-state index in [-0.39, 0.29) is 12.4 Å². The molecule has 0 spiro atoms. The van der Waals surface area contributed by atoms with Gasteiger partial charge in [-0.1, -0.05) is 28.9 Å². The smallest absolute Gasteiger partial charge is 0.358 e. The molecule has 0 heterocycles. The zero-order valence-corrected chi connectivity index (χ0v) is 20.0. The molecule has 0 aliphatic carbocycles. The van der Waals surface area contributed by atoms with E-state index in [4.69, 9.17) is 30.5 Å². The summed E-state index contributed by atoms with van der Waals surface area (Å²) < 4.78 is 16.4. The van der Waals surface area contributed by atoms with Gasteiger partial charge in [0.05, 0.1) is 7.11 Å². The van der Waals surface area contributed by atoms with Crippen LogP contribution in [0, 0.1) is 6.92 Å². The number of benzene rings is 3. The lowest BCUT2D eigenvalue weighted by Crippen LogP contribution is -2.20. The van der Waals surface area contributed by atoms with E-state index in [0.29, 0.717) is 23.7 Å². The number of nitrogens with two attached hydrogens (primary N) is 2. The van der Waals surface area contributed by atoms with Crippen LogP contribution in [-0.4, -0.2) is 31.4 Å². The summed E-state index contributed by atoms with van der Waals surface area (Å²) in [6.45, 7) is 2.07. The van der Waals surface area contributed by atoms with Crippen molar-refractivity contribution in [3.63, 3.8) is 0 Å². The zero-order valence-electron chi connectivity index (χ0n) is 20.0. The van der Waals surface area contributed by atoms with Crippen molar-refractivity contribution in [2.24, 2.45) is 16.6 Å². The molecule has 186 valence electrons. The van der Waals surface area contributed by atoms with Crippen LogP contribution in [0.1, 0.15) is 22.3 Å². The fourth-order valence-corrected chi connectivity index (χ4v) is 3.03. The van der Waals surface area contributed by atoms with Crippen molar-refractivity contribution in [2.75, 3.05) is 13.7 Å². The van der Waals surface area contributed by atoms with Crippen LogP contribution in [0.15, 0.2) is 78.0 Å². The van der Waals surface area contributed by atoms with Crippen LogP contribution in [0.2, 0.25) is 0 Å². The average Bonchev–Trinajstić information content (AvgIpc) is 2.89. The van der Waals surface area contributed by atoms with Gasteiger partial charge in [-0.2, -0.15) is 0 Å². The minimum absolute atomic E-state index is 0.00168. The van der Waals surface area contributed by atoms with Crippen LogP contribution in [0.4, 0.5) is 0 Å². The average molecular weight is 490 g/mol. The lowest BCUT2D eigenvalue weighted by molar-refractivity contribution is -0.137. The van der Waals surface area contributed by atoms with Crippen molar-refractivity contribution in [1.82, 2.24) is 0 Å². The maximum atomic E-state index is 12.1. The number of amidine groups is 1. The Hall–Kier alpha value is -4.79. The van der Waals surface area contributed by atoms with Crippen molar-refractivity contribution in [1.29, 1.82) is 0 Å². The molecule has 0 atom stereocenters. The minimum Gasteiger partial charge on any atom is -0.496 e. The Kier molecular flexibility index (Phi) is 9.05. The van der Waals surface area contributed by atoms with Crippen LogP contribution in [0.5, 0.6) is 17.2 Å². The molecule has 0 aromatic heterocycles. The molecule has 0 bridgehead atoms. The molecular weight excluding hydrogens is 462 g/mol. The highest BCUT2D eigenvalue weighted by molar-refractivity contribution is 5.98. The van der Waals surface area contributed by atoms with E-state index < -0.39 is 11.9 Å². The predicted molar refractivity (Wildman–Crippen MR) is 135 cm³/mol. The third-order valence-electron chi connectivity index (χ3n) is 4.90. The Balaban J connectivity index is 1.58. The molecule has 0 fully saturated rings. The summed E-state index contributed by atoms with van der Waals surface area (Å²) >= 11 is 0. The second kappa shape index (κ2) is 12.6. The molecule has 0 saturated heterocycles. The SMILES string of the molecule is COc1ccc(/C=C\C(=O)O/N=C(\N)c2ccc(OCC(N)=O)cc2)cc1COc1ccc(C)cc1. The molecule has 4 N–H and O–H groups in total. The van der Waals surface area contributed by atoms with Gasteiger partial charge in [-0.3, -0.25) is 4.79 Å². The Morgan fingerprint density at radius 1 is 0.917 bits per heavy atom. The van der Waals surface area contributed by atoms with E-state index in [1.807, 2.05) is 37.3 Å². The number of rotatable bonds is 11. The summed E-state index contributed by atoms with van der Waals surface area (Å²) in [5, 5.41) is 3.66. The van der Waals surface area contributed by atoms with Gasteiger partial charge in [0.25, 0.3) is 5.91 Å². The topological polar surface area (TPSA) is 135 Å². The minimum atomic E-state index is -0.701.